The molecule has 1 saturated heterocycles. The Morgan fingerprint density at radius 2 is 1.82 bits per heavy atom. The smallest absolute Gasteiger partial charge is 0.341 e. The van der Waals surface area contributed by atoms with Crippen LogP contribution in [0, 0.1) is 6.92 Å². The Kier molecular flexibility index (Phi) is 7.21. The van der Waals surface area contributed by atoms with Gasteiger partial charge in [0.15, 0.2) is 0 Å². The van der Waals surface area contributed by atoms with Gasteiger partial charge in [-0.05, 0) is 75.6 Å². The normalized spacial score (nSPS) is 16.8. The van der Waals surface area contributed by atoms with E-state index < -0.39 is 21.9 Å². The third kappa shape index (κ3) is 4.85. The van der Waals surface area contributed by atoms with Crippen LogP contribution in [0.1, 0.15) is 75.7 Å². The van der Waals surface area contributed by atoms with Crippen molar-refractivity contribution >= 4 is 38.2 Å². The summed E-state index contributed by atoms with van der Waals surface area (Å²) in [4.78, 5) is 27.2. The van der Waals surface area contributed by atoms with E-state index in [0.717, 1.165) is 55.4 Å². The van der Waals surface area contributed by atoms with Gasteiger partial charge in [-0.3, -0.25) is 4.79 Å². The fourth-order valence-electron chi connectivity index (χ4n) is 4.50. The van der Waals surface area contributed by atoms with Crippen molar-refractivity contribution in [2.45, 2.75) is 63.7 Å². The number of fused-ring (bicyclic) bond motifs is 1. The number of carbonyl (C=O) groups is 2. The summed E-state index contributed by atoms with van der Waals surface area (Å²) in [5, 5.41) is 3.37. The number of nitrogens with zero attached hydrogens (tertiary/aromatic N) is 1. The molecule has 0 saturated carbocycles. The largest absolute Gasteiger partial charge is 0.462 e. The van der Waals surface area contributed by atoms with E-state index >= 15 is 0 Å². The first-order valence-electron chi connectivity index (χ1n) is 11.6. The number of piperidine rings is 1. The van der Waals surface area contributed by atoms with Gasteiger partial charge in [-0.25, -0.2) is 13.2 Å². The molecule has 1 aliphatic heterocycles. The van der Waals surface area contributed by atoms with Crippen LogP contribution in [0.15, 0.2) is 23.1 Å². The molecule has 0 unspecified atom stereocenters. The molecule has 2 heterocycles. The molecule has 1 fully saturated rings. The second-order valence-corrected chi connectivity index (χ2v) is 11.6. The van der Waals surface area contributed by atoms with Gasteiger partial charge in [-0.15, -0.1) is 11.3 Å². The highest BCUT2D eigenvalue weighted by molar-refractivity contribution is 7.89. The van der Waals surface area contributed by atoms with Crippen molar-refractivity contribution in [3.8, 4) is 0 Å². The molecule has 7 nitrogen and oxygen atoms in total. The Bertz CT molecular complexity index is 1160. The standard InChI is InChI=1S/C24H30N2O5S2/c1-3-31-24(28)21-18-9-5-6-10-20(18)32-23(21)25-22(27)19-15-17(12-11-16(19)2)33(29,30)26-13-7-4-8-14-26/h11-12,15H,3-10,13-14H2,1-2H3,(H,25,27). The number of amides is 1. The zero-order valence-electron chi connectivity index (χ0n) is 19.1. The van der Waals surface area contributed by atoms with Crippen molar-refractivity contribution in [3.63, 3.8) is 0 Å². The molecule has 0 bridgehead atoms. The van der Waals surface area contributed by atoms with Crippen molar-refractivity contribution < 1.29 is 22.7 Å². The first-order valence-corrected chi connectivity index (χ1v) is 13.8. The summed E-state index contributed by atoms with van der Waals surface area (Å²) >= 11 is 1.42. The molecule has 9 heteroatoms. The Hall–Kier alpha value is -2.23. The Labute approximate surface area is 199 Å². The molecule has 2 aromatic rings. The molecule has 1 aromatic carbocycles. The number of thiophene rings is 1. The molecule has 1 amide bonds. The lowest BCUT2D eigenvalue weighted by atomic mass is 9.95. The summed E-state index contributed by atoms with van der Waals surface area (Å²) in [6.07, 6.45) is 6.44. The maximum Gasteiger partial charge on any atom is 0.341 e. The van der Waals surface area contributed by atoms with E-state index in [1.807, 2.05) is 0 Å². The molecule has 1 aromatic heterocycles. The number of benzene rings is 1. The lowest BCUT2D eigenvalue weighted by Gasteiger charge is -2.26. The summed E-state index contributed by atoms with van der Waals surface area (Å²) in [5.41, 5.74) is 2.37. The number of nitrogens with one attached hydrogen (secondary N) is 1. The van der Waals surface area contributed by atoms with Gasteiger partial charge in [0.1, 0.15) is 5.00 Å². The molecular formula is C24H30N2O5S2. The van der Waals surface area contributed by atoms with Gasteiger partial charge in [0.05, 0.1) is 17.1 Å². The van der Waals surface area contributed by atoms with Gasteiger partial charge >= 0.3 is 5.97 Å². The Morgan fingerprint density at radius 1 is 1.09 bits per heavy atom. The third-order valence-corrected chi connectivity index (χ3v) is 9.39. The highest BCUT2D eigenvalue weighted by atomic mass is 32.2. The number of hydrogen-bond donors (Lipinski definition) is 1. The number of aryl methyl sites for hydroxylation is 2. The number of esters is 1. The second kappa shape index (κ2) is 9.95. The van der Waals surface area contributed by atoms with Crippen LogP contribution in [0.2, 0.25) is 0 Å². The number of rotatable bonds is 6. The summed E-state index contributed by atoms with van der Waals surface area (Å²) < 4.78 is 33.0. The van der Waals surface area contributed by atoms with Crippen molar-refractivity contribution in [2.75, 3.05) is 25.0 Å². The van der Waals surface area contributed by atoms with Crippen molar-refractivity contribution in [1.82, 2.24) is 4.31 Å². The van der Waals surface area contributed by atoms with E-state index in [1.54, 1.807) is 26.0 Å². The Morgan fingerprint density at radius 3 is 2.55 bits per heavy atom. The molecule has 1 aliphatic carbocycles. The molecule has 0 spiro atoms. The molecule has 0 radical (unpaired) electrons. The maximum atomic E-state index is 13.3. The van der Waals surface area contributed by atoms with Crippen molar-refractivity contribution in [1.29, 1.82) is 0 Å². The predicted octanol–water partition coefficient (Wildman–Crippen LogP) is 4.54. The van der Waals surface area contributed by atoms with Crippen molar-refractivity contribution in [3.05, 3.63) is 45.3 Å². The van der Waals surface area contributed by atoms with E-state index in [1.165, 1.54) is 21.7 Å². The number of ether oxygens (including phenoxy) is 1. The van der Waals surface area contributed by atoms with E-state index in [0.29, 0.717) is 29.2 Å². The first kappa shape index (κ1) is 23.9. The average molecular weight is 491 g/mol. The molecule has 1 N–H and O–H groups in total. The third-order valence-electron chi connectivity index (χ3n) is 6.28. The van der Waals surface area contributed by atoms with Crippen LogP contribution < -0.4 is 5.32 Å². The second-order valence-electron chi connectivity index (χ2n) is 8.53. The summed E-state index contributed by atoms with van der Waals surface area (Å²) in [6, 6.07) is 4.67. The zero-order chi connectivity index (χ0) is 23.6. The van der Waals surface area contributed by atoms with E-state index in [9.17, 15) is 18.0 Å². The van der Waals surface area contributed by atoms with Crippen molar-refractivity contribution in [2.24, 2.45) is 0 Å². The molecular weight excluding hydrogens is 460 g/mol. The number of hydrogen-bond acceptors (Lipinski definition) is 6. The first-order chi connectivity index (χ1) is 15.8. The summed E-state index contributed by atoms with van der Waals surface area (Å²) in [6.45, 7) is 4.79. The van der Waals surface area contributed by atoms with E-state index in [2.05, 4.69) is 5.32 Å². The molecule has 2 aliphatic rings. The van der Waals surface area contributed by atoms with Gasteiger partial charge in [-0.2, -0.15) is 4.31 Å². The van der Waals surface area contributed by atoms with Crippen LogP contribution in [0.4, 0.5) is 5.00 Å². The number of carbonyl (C=O) groups excluding carboxylic acids is 2. The van der Waals surface area contributed by atoms with Gasteiger partial charge < -0.3 is 10.1 Å². The fraction of sp³-hybridized carbons (Fsp3) is 0.500. The monoisotopic (exact) mass is 490 g/mol. The van der Waals surface area contributed by atoms with Crippen LogP contribution in [0.5, 0.6) is 0 Å². The van der Waals surface area contributed by atoms with Crippen LogP contribution in [-0.4, -0.2) is 44.3 Å². The van der Waals surface area contributed by atoms with Crippen LogP contribution in [-0.2, 0) is 27.6 Å². The maximum absolute atomic E-state index is 13.3. The van der Waals surface area contributed by atoms with Gasteiger partial charge in [0.2, 0.25) is 10.0 Å². The van der Waals surface area contributed by atoms with E-state index in [-0.39, 0.29) is 17.1 Å². The zero-order valence-corrected chi connectivity index (χ0v) is 20.7. The molecule has 0 atom stereocenters. The quantitative estimate of drug-likeness (QED) is 0.600. The molecule has 4 rings (SSSR count). The topological polar surface area (TPSA) is 92.8 Å². The minimum atomic E-state index is -3.66. The minimum Gasteiger partial charge on any atom is -0.462 e. The Balaban J connectivity index is 1.65. The summed E-state index contributed by atoms with van der Waals surface area (Å²) in [7, 11) is -3.66. The summed E-state index contributed by atoms with van der Waals surface area (Å²) in [5.74, 6) is -0.849. The highest BCUT2D eigenvalue weighted by Gasteiger charge is 2.29. The van der Waals surface area contributed by atoms with Gasteiger partial charge in [-0.1, -0.05) is 12.5 Å². The number of sulfonamides is 1. The van der Waals surface area contributed by atoms with Crippen LogP contribution in [0.25, 0.3) is 0 Å². The lowest BCUT2D eigenvalue weighted by molar-refractivity contribution is 0.0526. The van der Waals surface area contributed by atoms with Gasteiger partial charge in [0.25, 0.3) is 5.91 Å². The predicted molar refractivity (Wildman–Crippen MR) is 129 cm³/mol. The fourth-order valence-corrected chi connectivity index (χ4v) is 7.32. The number of anilines is 1. The SMILES string of the molecule is CCOC(=O)c1c(NC(=O)c2cc(S(=O)(=O)N3CCCCC3)ccc2C)sc2c1CCCC2. The van der Waals surface area contributed by atoms with Gasteiger partial charge in [0, 0.05) is 23.5 Å². The van der Waals surface area contributed by atoms with E-state index in [4.69, 9.17) is 4.74 Å². The molecule has 33 heavy (non-hydrogen) atoms. The van der Waals surface area contributed by atoms with Crippen LogP contribution in [0.3, 0.4) is 0 Å². The highest BCUT2D eigenvalue weighted by Crippen LogP contribution is 2.39. The lowest BCUT2D eigenvalue weighted by Crippen LogP contribution is -2.35. The van der Waals surface area contributed by atoms with Crippen LogP contribution >= 0.6 is 11.3 Å². The minimum absolute atomic E-state index is 0.122. The molecule has 178 valence electrons. The average Bonchev–Trinajstić information content (AvgIpc) is 3.17.